The van der Waals surface area contributed by atoms with Crippen LogP contribution in [0.3, 0.4) is 0 Å². The van der Waals surface area contributed by atoms with E-state index in [2.05, 4.69) is 0 Å². The van der Waals surface area contributed by atoms with Crippen LogP contribution < -0.4 is 114 Å². The van der Waals surface area contributed by atoms with Crippen LogP contribution in [0, 0.1) is 0 Å². The topological polar surface area (TPSA) is 184 Å². The monoisotopic (exact) mass is 577 g/mol. The van der Waals surface area contributed by atoms with Gasteiger partial charge in [0.2, 0.25) is 17.7 Å². The van der Waals surface area contributed by atoms with Gasteiger partial charge in [-0.15, -0.1) is 0 Å². The van der Waals surface area contributed by atoms with Crippen LogP contribution in [0.15, 0.2) is 59.1 Å². The molecule has 0 aromatic heterocycles. The molecule has 2 aliphatic rings. The Kier molecular flexibility index (Phi) is 11.8. The van der Waals surface area contributed by atoms with Gasteiger partial charge in [0.15, 0.2) is 0 Å². The van der Waals surface area contributed by atoms with Crippen molar-refractivity contribution in [2.45, 2.75) is 36.3 Å². The SMILES string of the molecule is NC(=O)c1ccc([C@@H](O)CC2=C(C(=O)O)N3C(=O)CC3(C[C@H](O)c3ccc(C(N)=O)cc3)S2)cc1.[H-].[H-].[K+].[K+]. The smallest absolute Gasteiger partial charge is 1.00 e. The number of carbonyl (C=O) groups is 4. The van der Waals surface area contributed by atoms with E-state index in [4.69, 9.17) is 11.5 Å². The first-order valence-corrected chi connectivity index (χ1v) is 11.5. The molecule has 0 saturated carbocycles. The summed E-state index contributed by atoms with van der Waals surface area (Å²) in [6.07, 6.45) is -2.13. The fraction of sp³-hybridized carbons (Fsp3) is 0.250. The van der Waals surface area contributed by atoms with Crippen molar-refractivity contribution in [2.24, 2.45) is 11.5 Å². The van der Waals surface area contributed by atoms with Crippen molar-refractivity contribution in [1.82, 2.24) is 4.90 Å². The number of benzene rings is 2. The van der Waals surface area contributed by atoms with Crippen molar-refractivity contribution < 1.29 is 140 Å². The normalized spacial score (nSPS) is 19.6. The Labute approximate surface area is 305 Å². The molecule has 4 rings (SSSR count). The Morgan fingerprint density at radius 3 is 1.78 bits per heavy atom. The molecular weight excluding hydrogens is 553 g/mol. The van der Waals surface area contributed by atoms with Gasteiger partial charge in [0, 0.05) is 28.9 Å². The summed E-state index contributed by atoms with van der Waals surface area (Å²) >= 11 is 1.15. The van der Waals surface area contributed by atoms with Crippen LogP contribution in [0.1, 0.15) is 66.2 Å². The molecule has 3 atom stereocenters. The number of nitrogens with two attached hydrogens (primary N) is 2. The summed E-state index contributed by atoms with van der Waals surface area (Å²) in [4.78, 5) is 47.6. The Bertz CT molecular complexity index is 1270. The first kappa shape index (κ1) is 32.8. The maximum Gasteiger partial charge on any atom is 1.00 e. The molecule has 2 aromatic carbocycles. The molecule has 0 aliphatic carbocycles. The van der Waals surface area contributed by atoms with Crippen LogP contribution in [0.5, 0.6) is 0 Å². The molecule has 3 amide bonds. The summed E-state index contributed by atoms with van der Waals surface area (Å²) in [7, 11) is 0. The van der Waals surface area contributed by atoms with E-state index in [-0.39, 0.29) is 148 Å². The number of carboxylic acids is 1. The van der Waals surface area contributed by atoms with E-state index in [0.717, 1.165) is 11.8 Å². The first-order chi connectivity index (χ1) is 16.5. The third kappa shape index (κ3) is 6.85. The Hall–Kier alpha value is -0.397. The number of β-lactam (4-membered cyclic amide) rings is 1. The van der Waals surface area contributed by atoms with Crippen molar-refractivity contribution in [3.05, 3.63) is 81.4 Å². The quantitative estimate of drug-likeness (QED) is 0.146. The number of thioether (sulfide) groups is 1. The number of carboxylic acid groups (broad SMARTS) is 1. The first-order valence-electron chi connectivity index (χ1n) is 10.7. The third-order valence-electron chi connectivity index (χ3n) is 6.14. The predicted molar refractivity (Wildman–Crippen MR) is 128 cm³/mol. The number of carbonyl (C=O) groups excluding carboxylic acids is 3. The van der Waals surface area contributed by atoms with E-state index < -0.39 is 34.9 Å². The van der Waals surface area contributed by atoms with E-state index in [9.17, 15) is 34.5 Å². The zero-order chi connectivity index (χ0) is 25.5. The van der Waals surface area contributed by atoms with Gasteiger partial charge in [-0.25, -0.2) is 4.79 Å². The van der Waals surface area contributed by atoms with Crippen molar-refractivity contribution in [2.75, 3.05) is 0 Å². The Morgan fingerprint density at radius 1 is 0.919 bits per heavy atom. The van der Waals surface area contributed by atoms with Crippen LogP contribution in [0.4, 0.5) is 0 Å². The number of nitrogens with zero attached hydrogens (tertiary/aromatic N) is 1. The van der Waals surface area contributed by atoms with E-state index in [1.54, 1.807) is 12.1 Å². The summed E-state index contributed by atoms with van der Waals surface area (Å²) in [5.74, 6) is -2.91. The fourth-order valence-electron chi connectivity index (χ4n) is 4.35. The molecule has 2 heterocycles. The second-order valence-corrected chi connectivity index (χ2v) is 9.90. The molecule has 10 nitrogen and oxygen atoms in total. The molecule has 1 fully saturated rings. The number of amides is 3. The minimum absolute atomic E-state index is 0. The minimum atomic E-state index is -1.31. The van der Waals surface area contributed by atoms with E-state index in [1.165, 1.54) is 41.3 Å². The molecule has 1 unspecified atom stereocenters. The van der Waals surface area contributed by atoms with Crippen molar-refractivity contribution in [3.8, 4) is 0 Å². The average Bonchev–Trinajstić information content (AvgIpc) is 3.06. The van der Waals surface area contributed by atoms with E-state index >= 15 is 0 Å². The van der Waals surface area contributed by atoms with Crippen molar-refractivity contribution in [1.29, 1.82) is 0 Å². The van der Waals surface area contributed by atoms with Gasteiger partial charge >= 0.3 is 109 Å². The van der Waals surface area contributed by atoms with Gasteiger partial charge in [-0.3, -0.25) is 19.3 Å². The second-order valence-electron chi connectivity index (χ2n) is 8.44. The summed E-state index contributed by atoms with van der Waals surface area (Å²) < 4.78 is 0. The predicted octanol–water partition coefficient (Wildman–Crippen LogP) is -4.36. The molecule has 7 N–H and O–H groups in total. The summed E-state index contributed by atoms with van der Waals surface area (Å²) in [5.41, 5.74) is 11.8. The molecule has 0 radical (unpaired) electrons. The maximum absolute atomic E-state index is 12.4. The largest absolute Gasteiger partial charge is 1.00 e. The molecular formula is C24H25K2N3O7S. The Balaban J connectivity index is 0.00000361. The molecule has 0 bridgehead atoms. The number of aliphatic carboxylic acids is 1. The van der Waals surface area contributed by atoms with Crippen molar-refractivity contribution >= 4 is 35.5 Å². The Morgan fingerprint density at radius 2 is 1.38 bits per heavy atom. The van der Waals surface area contributed by atoms with Crippen LogP contribution in [0.2, 0.25) is 0 Å². The molecule has 186 valence electrons. The number of primary amides is 2. The fourth-order valence-corrected chi connectivity index (χ4v) is 6.05. The van der Waals surface area contributed by atoms with Crippen LogP contribution in [0.25, 0.3) is 0 Å². The molecule has 37 heavy (non-hydrogen) atoms. The third-order valence-corrected chi connectivity index (χ3v) is 7.62. The molecule has 0 spiro atoms. The molecule has 2 aliphatic heterocycles. The minimum Gasteiger partial charge on any atom is -1.00 e. The van der Waals surface area contributed by atoms with Gasteiger partial charge in [-0.1, -0.05) is 36.0 Å². The number of fused-ring (bicyclic) bond motifs is 1. The van der Waals surface area contributed by atoms with Gasteiger partial charge in [0.25, 0.3) is 0 Å². The average molecular weight is 578 g/mol. The van der Waals surface area contributed by atoms with E-state index in [1.807, 2.05) is 0 Å². The van der Waals surface area contributed by atoms with Crippen molar-refractivity contribution in [3.63, 3.8) is 0 Å². The number of hydrogen-bond acceptors (Lipinski definition) is 7. The van der Waals surface area contributed by atoms with Crippen LogP contribution in [-0.4, -0.2) is 48.8 Å². The van der Waals surface area contributed by atoms with Gasteiger partial charge in [0.05, 0.1) is 18.6 Å². The number of aliphatic hydroxyl groups excluding tert-OH is 2. The van der Waals surface area contributed by atoms with Gasteiger partial charge in [0.1, 0.15) is 10.6 Å². The molecule has 2 aromatic rings. The second kappa shape index (κ2) is 13.3. The zero-order valence-electron chi connectivity index (χ0n) is 22.4. The van der Waals surface area contributed by atoms with Crippen LogP contribution in [-0.2, 0) is 9.59 Å². The standard InChI is InChI=1S/C24H23N3O7S.2K.2H/c25-21(31)14-5-1-12(2-6-14)16(28)9-18-20(23(33)34)27-19(30)11-24(27,35-18)10-17(29)13-3-7-15(8-4-13)22(26)32;;;;/h1-8,16-17,28-29H,9-11H2,(H2,25,31)(H2,26,32)(H,33,34);;;;/q;2*+1;2*-1/t16-,17-,24?;;;;/m0..../s1. The number of aliphatic hydroxyl groups is 2. The molecule has 1 saturated heterocycles. The van der Waals surface area contributed by atoms with Crippen LogP contribution >= 0.6 is 11.8 Å². The summed E-state index contributed by atoms with van der Waals surface area (Å²) in [6.45, 7) is 0. The summed E-state index contributed by atoms with van der Waals surface area (Å²) in [5, 5.41) is 31.4. The van der Waals surface area contributed by atoms with Gasteiger partial charge in [-0.05, 0) is 35.4 Å². The maximum atomic E-state index is 12.4. The zero-order valence-corrected chi connectivity index (χ0v) is 27.4. The van der Waals surface area contributed by atoms with E-state index in [0.29, 0.717) is 16.0 Å². The molecule has 13 heteroatoms. The van der Waals surface area contributed by atoms with Gasteiger partial charge in [-0.2, -0.15) is 0 Å². The summed E-state index contributed by atoms with van der Waals surface area (Å²) in [6, 6.07) is 12.1. The van der Waals surface area contributed by atoms with Gasteiger partial charge < -0.3 is 29.6 Å². The number of hydrogen-bond donors (Lipinski definition) is 5. The number of rotatable bonds is 9.